The minimum atomic E-state index is -0.853. The summed E-state index contributed by atoms with van der Waals surface area (Å²) in [5.74, 6) is -1.63. The monoisotopic (exact) mass is 422 g/mol. The molecule has 4 aliphatic rings. The van der Waals surface area contributed by atoms with E-state index in [1.807, 2.05) is 39.0 Å². The first-order valence-corrected chi connectivity index (χ1v) is 11.0. The number of rotatable bonds is 2. The number of carbonyl (C=O) groups excluding carboxylic acids is 1. The molecule has 0 aromatic heterocycles. The van der Waals surface area contributed by atoms with Gasteiger partial charge in [0.2, 0.25) is 0 Å². The molecule has 12 atom stereocenters. The number of carbonyl (C=O) groups is 1. The number of ether oxygens (including phenoxy) is 3. The lowest BCUT2D eigenvalue weighted by molar-refractivity contribution is -0.172. The summed E-state index contributed by atoms with van der Waals surface area (Å²) in [6, 6.07) is 0. The van der Waals surface area contributed by atoms with Crippen LogP contribution in [0.3, 0.4) is 0 Å². The molecule has 2 unspecified atom stereocenters. The zero-order valence-electron chi connectivity index (χ0n) is 18.3. The van der Waals surface area contributed by atoms with Gasteiger partial charge in [-0.1, -0.05) is 32.1 Å². The van der Waals surface area contributed by atoms with E-state index in [0.717, 1.165) is 5.57 Å². The average Bonchev–Trinajstić information content (AvgIpc) is 2.91. The molecule has 1 saturated heterocycles. The van der Waals surface area contributed by atoms with Crippen LogP contribution in [-0.4, -0.2) is 70.6 Å². The fourth-order valence-electron chi connectivity index (χ4n) is 6.34. The highest BCUT2D eigenvalue weighted by Gasteiger charge is 2.68. The van der Waals surface area contributed by atoms with Crippen LogP contribution in [0, 0.1) is 29.6 Å². The lowest BCUT2D eigenvalue weighted by Crippen LogP contribution is -2.56. The second-order valence-electron chi connectivity index (χ2n) is 9.62. The molecule has 7 heteroatoms. The van der Waals surface area contributed by atoms with E-state index in [9.17, 15) is 20.1 Å². The van der Waals surface area contributed by atoms with Gasteiger partial charge in [0.05, 0.1) is 24.4 Å². The van der Waals surface area contributed by atoms with E-state index >= 15 is 0 Å². The Morgan fingerprint density at radius 2 is 1.93 bits per heavy atom. The van der Waals surface area contributed by atoms with E-state index in [1.165, 1.54) is 7.11 Å². The van der Waals surface area contributed by atoms with Gasteiger partial charge in [-0.25, -0.2) is 4.79 Å². The minimum absolute atomic E-state index is 0.0930. The first-order valence-electron chi connectivity index (χ1n) is 11.0. The fourth-order valence-corrected chi connectivity index (χ4v) is 6.34. The Kier molecular flexibility index (Phi) is 5.64. The number of methoxy groups -OCH3 is 1. The van der Waals surface area contributed by atoms with Gasteiger partial charge in [0.1, 0.15) is 11.7 Å². The molecular formula is C23H34O7. The molecule has 2 fully saturated rings. The normalized spacial score (nSPS) is 51.6. The molecule has 168 valence electrons. The maximum absolute atomic E-state index is 12.8. The van der Waals surface area contributed by atoms with Crippen molar-refractivity contribution in [1.82, 2.24) is 0 Å². The van der Waals surface area contributed by atoms with Crippen molar-refractivity contribution >= 4 is 5.97 Å². The number of hydrogen-bond acceptors (Lipinski definition) is 7. The van der Waals surface area contributed by atoms with Gasteiger partial charge < -0.3 is 29.5 Å². The van der Waals surface area contributed by atoms with Gasteiger partial charge in [-0.15, -0.1) is 0 Å². The Morgan fingerprint density at radius 3 is 2.57 bits per heavy atom. The zero-order valence-corrected chi connectivity index (χ0v) is 18.3. The standard InChI is InChI=1S/C23H34O7/c1-10-8-11(2)23-14(9-16(28-5)22(27)29-20(10)13(4)24)6-7-15-17(23)18(25)12(3)19(26)21(15)30-23/h6-8,10,12-21,24-26H,9H2,1-5H3/t10-,12-,13-,14-,15-,16+,17-,18-,19+,20?,21-,23?/m1/s1. The third-order valence-corrected chi connectivity index (χ3v) is 7.91. The Balaban J connectivity index is 1.86. The van der Waals surface area contributed by atoms with Crippen molar-refractivity contribution in [3.05, 3.63) is 23.8 Å². The topological polar surface area (TPSA) is 105 Å². The molecule has 7 nitrogen and oxygen atoms in total. The van der Waals surface area contributed by atoms with Gasteiger partial charge >= 0.3 is 5.97 Å². The molecule has 0 radical (unpaired) electrons. The smallest absolute Gasteiger partial charge is 0.335 e. The predicted molar refractivity (Wildman–Crippen MR) is 108 cm³/mol. The second kappa shape index (κ2) is 7.71. The molecule has 0 aromatic rings. The molecule has 30 heavy (non-hydrogen) atoms. The molecule has 1 saturated carbocycles. The SMILES string of the molecule is CO[C@H]1C[C@H]2C=C[C@H]3[C@H]4OC2(C(C)=C[C@@H](C)C([C@@H](C)O)OC1=O)[C@H]3[C@H](O)[C@@H](C)[C@@H]4O. The summed E-state index contributed by atoms with van der Waals surface area (Å²) >= 11 is 0. The van der Waals surface area contributed by atoms with E-state index in [-0.39, 0.29) is 29.6 Å². The van der Waals surface area contributed by atoms with Crippen LogP contribution in [0.1, 0.15) is 34.1 Å². The summed E-state index contributed by atoms with van der Waals surface area (Å²) in [5.41, 5.74) is 0.0851. The average molecular weight is 423 g/mol. The van der Waals surface area contributed by atoms with Crippen molar-refractivity contribution in [3.63, 3.8) is 0 Å². The summed E-state index contributed by atoms with van der Waals surface area (Å²) < 4.78 is 17.8. The Bertz CT molecular complexity index is 746. The predicted octanol–water partition coefficient (Wildman–Crippen LogP) is 1.21. The number of cyclic esters (lactones) is 1. The molecule has 3 N–H and O–H groups in total. The van der Waals surface area contributed by atoms with Crippen molar-refractivity contribution in [3.8, 4) is 0 Å². The highest BCUT2D eigenvalue weighted by atomic mass is 16.6. The van der Waals surface area contributed by atoms with Crippen LogP contribution in [0.5, 0.6) is 0 Å². The minimum Gasteiger partial charge on any atom is -0.457 e. The van der Waals surface area contributed by atoms with E-state index in [1.54, 1.807) is 6.92 Å². The van der Waals surface area contributed by atoms with Crippen LogP contribution in [0.15, 0.2) is 23.8 Å². The van der Waals surface area contributed by atoms with E-state index in [0.29, 0.717) is 6.42 Å². The van der Waals surface area contributed by atoms with E-state index in [4.69, 9.17) is 14.2 Å². The highest BCUT2D eigenvalue weighted by Crippen LogP contribution is 2.60. The lowest BCUT2D eigenvalue weighted by atomic mass is 9.57. The highest BCUT2D eigenvalue weighted by molar-refractivity contribution is 5.75. The summed E-state index contributed by atoms with van der Waals surface area (Å²) in [6.07, 6.45) is 2.09. The summed E-state index contributed by atoms with van der Waals surface area (Å²) in [4.78, 5) is 12.8. The molecule has 2 aliphatic carbocycles. The fraction of sp³-hybridized carbons (Fsp3) is 0.783. The zero-order chi connectivity index (χ0) is 22.0. The molecule has 0 aromatic carbocycles. The van der Waals surface area contributed by atoms with Gasteiger partial charge in [-0.2, -0.15) is 0 Å². The van der Waals surface area contributed by atoms with Crippen LogP contribution in [0.2, 0.25) is 0 Å². The van der Waals surface area contributed by atoms with Gasteiger partial charge in [0.25, 0.3) is 0 Å². The largest absolute Gasteiger partial charge is 0.457 e. The number of hydrogen-bond donors (Lipinski definition) is 3. The van der Waals surface area contributed by atoms with E-state index < -0.39 is 48.2 Å². The molecule has 2 aliphatic heterocycles. The van der Waals surface area contributed by atoms with Gasteiger partial charge in [-0.3, -0.25) is 0 Å². The van der Waals surface area contributed by atoms with Crippen molar-refractivity contribution in [1.29, 1.82) is 0 Å². The Hall–Kier alpha value is -1.25. The van der Waals surface area contributed by atoms with Gasteiger partial charge in [-0.05, 0) is 25.8 Å². The summed E-state index contributed by atoms with van der Waals surface area (Å²) in [5, 5.41) is 32.3. The number of aliphatic hydroxyl groups excluding tert-OH is 3. The first-order chi connectivity index (χ1) is 14.1. The van der Waals surface area contributed by atoms with Gasteiger partial charge in [0, 0.05) is 36.7 Å². The lowest BCUT2D eigenvalue weighted by Gasteiger charge is -2.48. The molecule has 4 rings (SSSR count). The number of esters is 1. The molecule has 0 amide bonds. The Morgan fingerprint density at radius 1 is 1.23 bits per heavy atom. The summed E-state index contributed by atoms with van der Waals surface area (Å²) in [7, 11) is 1.47. The Labute approximate surface area is 177 Å². The van der Waals surface area contributed by atoms with Crippen molar-refractivity contribution in [2.75, 3.05) is 7.11 Å². The summed E-state index contributed by atoms with van der Waals surface area (Å²) in [6.45, 7) is 7.34. The van der Waals surface area contributed by atoms with Crippen molar-refractivity contribution in [2.24, 2.45) is 29.6 Å². The molecule has 2 heterocycles. The molecule has 1 spiro atoms. The van der Waals surface area contributed by atoms with Crippen LogP contribution >= 0.6 is 0 Å². The quantitative estimate of drug-likeness (QED) is 0.454. The van der Waals surface area contributed by atoms with Crippen LogP contribution in [0.25, 0.3) is 0 Å². The molecule has 4 bridgehead atoms. The van der Waals surface area contributed by atoms with Crippen molar-refractivity contribution in [2.45, 2.75) is 76.3 Å². The number of aliphatic hydroxyl groups is 3. The van der Waals surface area contributed by atoms with Crippen LogP contribution in [0.4, 0.5) is 0 Å². The maximum Gasteiger partial charge on any atom is 0.335 e. The third-order valence-electron chi connectivity index (χ3n) is 7.91. The van der Waals surface area contributed by atoms with Crippen molar-refractivity contribution < 1.29 is 34.3 Å². The van der Waals surface area contributed by atoms with Crippen LogP contribution in [-0.2, 0) is 19.0 Å². The van der Waals surface area contributed by atoms with E-state index in [2.05, 4.69) is 0 Å². The first kappa shape index (κ1) is 22.0. The molecular weight excluding hydrogens is 388 g/mol. The second-order valence-corrected chi connectivity index (χ2v) is 9.62. The maximum atomic E-state index is 12.8. The van der Waals surface area contributed by atoms with Crippen LogP contribution < -0.4 is 0 Å². The third kappa shape index (κ3) is 3.01. The van der Waals surface area contributed by atoms with Gasteiger partial charge in [0.15, 0.2) is 6.10 Å².